The Balaban J connectivity index is 1.70. The summed E-state index contributed by atoms with van der Waals surface area (Å²) in [6.45, 7) is 8.64. The standard InChI is InChI=1S/C43H68N14O8S/c1-23(2)12-29(20-48-27(16-44)10-11-66)53-41(63)33(14-28-19-47-22-51-28)55-37(60)21-50-43(65)38(24(3)4)57-39(61)25(5)52-40(62)32(13-26-18-49-31-9-7-6-8-30(26)31)56-42(64)34(15-35(46)58)54-36(59)17-45/h6-9,18-19,22-25,27,29,32-34,38,48-49,66H,10-17,20-21,44-45H2,1-5H3,(H2,46,58)(H,47,51)(H,50,65)(H,52,62)(H,53,63)(H,54,59)(H,55,60)(H,56,64)(H,57,61)/t25-,27-,29-,32-,33-,34-,38-/m0/s1. The SMILES string of the molecule is CC(C)C[C@@H](CN[C@H](CN)CCS)NC(=O)[C@H](Cc1cnc[nH]1)NC(=O)CNC(=O)[C@@H](NC(=O)[C@H](C)NC(=O)[C@H](Cc1c[nH]c2ccccc12)NC(=O)[C@H](CC(N)=O)NC(=O)CN)C(C)C. The molecule has 0 unspecified atom stereocenters. The van der Waals surface area contributed by atoms with Crippen molar-refractivity contribution in [2.45, 2.75) is 109 Å². The van der Waals surface area contributed by atoms with Crippen LogP contribution in [0.1, 0.15) is 65.1 Å². The number of fused-ring (bicyclic) bond motifs is 1. The average molecular weight is 941 g/mol. The molecule has 3 rings (SSSR count). The van der Waals surface area contributed by atoms with Gasteiger partial charge in [-0.15, -0.1) is 0 Å². The van der Waals surface area contributed by atoms with E-state index in [4.69, 9.17) is 17.2 Å². The molecule has 7 atom stereocenters. The zero-order valence-electron chi connectivity index (χ0n) is 38.2. The smallest absolute Gasteiger partial charge is 0.243 e. The van der Waals surface area contributed by atoms with Gasteiger partial charge in [0.15, 0.2) is 0 Å². The molecule has 2 aromatic heterocycles. The van der Waals surface area contributed by atoms with Crippen molar-refractivity contribution in [2.75, 3.05) is 31.9 Å². The van der Waals surface area contributed by atoms with Gasteiger partial charge in [0.25, 0.3) is 0 Å². The molecule has 1 aromatic carbocycles. The number of aromatic nitrogens is 3. The van der Waals surface area contributed by atoms with Crippen molar-refractivity contribution in [1.82, 2.24) is 57.5 Å². The molecular formula is C43H68N14O8S. The Morgan fingerprint density at radius 3 is 2.03 bits per heavy atom. The lowest BCUT2D eigenvalue weighted by Gasteiger charge is -2.27. The number of primary amides is 1. The highest BCUT2D eigenvalue weighted by Crippen LogP contribution is 2.19. The van der Waals surface area contributed by atoms with Crippen molar-refractivity contribution >= 4 is 70.8 Å². The number of benzene rings is 1. The highest BCUT2D eigenvalue weighted by molar-refractivity contribution is 7.80. The number of H-pyrrole nitrogens is 2. The third-order valence-corrected chi connectivity index (χ3v) is 10.8. The number of para-hydroxylation sites is 1. The third kappa shape index (κ3) is 18.1. The summed E-state index contributed by atoms with van der Waals surface area (Å²) in [7, 11) is 0. The number of thiol groups is 1. The summed E-state index contributed by atoms with van der Waals surface area (Å²) in [5.41, 5.74) is 18.6. The fourth-order valence-corrected chi connectivity index (χ4v) is 7.35. The number of nitrogens with two attached hydrogens (primary N) is 3. The molecule has 3 aromatic rings. The van der Waals surface area contributed by atoms with E-state index in [1.165, 1.54) is 19.4 Å². The molecule has 2 heterocycles. The van der Waals surface area contributed by atoms with E-state index in [-0.39, 0.29) is 30.8 Å². The number of carbonyl (C=O) groups excluding carboxylic acids is 8. The highest BCUT2D eigenvalue weighted by atomic mass is 32.1. The monoisotopic (exact) mass is 941 g/mol. The Morgan fingerprint density at radius 2 is 1.41 bits per heavy atom. The minimum atomic E-state index is -1.45. The van der Waals surface area contributed by atoms with Crippen molar-refractivity contribution in [3.8, 4) is 0 Å². The first-order valence-corrected chi connectivity index (χ1v) is 22.6. The molecule has 22 nitrogen and oxygen atoms in total. The molecule has 364 valence electrons. The van der Waals surface area contributed by atoms with Crippen LogP contribution >= 0.6 is 12.6 Å². The van der Waals surface area contributed by atoms with Crippen molar-refractivity contribution in [2.24, 2.45) is 29.0 Å². The molecule has 0 aliphatic carbocycles. The fraction of sp³-hybridized carbons (Fsp3) is 0.558. The summed E-state index contributed by atoms with van der Waals surface area (Å²) < 4.78 is 0. The largest absolute Gasteiger partial charge is 0.370 e. The normalized spacial score (nSPS) is 14.5. The zero-order valence-corrected chi connectivity index (χ0v) is 39.1. The number of hydrogen-bond acceptors (Lipinski definition) is 13. The number of aromatic amines is 2. The van der Waals surface area contributed by atoms with E-state index in [9.17, 15) is 38.4 Å². The van der Waals surface area contributed by atoms with Crippen LogP contribution < -0.4 is 59.7 Å². The summed E-state index contributed by atoms with van der Waals surface area (Å²) in [6.07, 6.45) is 5.49. The van der Waals surface area contributed by atoms with E-state index in [2.05, 4.69) is 70.1 Å². The van der Waals surface area contributed by atoms with Crippen LogP contribution in [0.2, 0.25) is 0 Å². The molecule has 0 fully saturated rings. The Bertz CT molecular complexity index is 2080. The molecule has 16 N–H and O–H groups in total. The van der Waals surface area contributed by atoms with Gasteiger partial charge in [-0.3, -0.25) is 38.4 Å². The van der Waals surface area contributed by atoms with E-state index in [1.807, 2.05) is 32.0 Å². The van der Waals surface area contributed by atoms with Gasteiger partial charge in [0.2, 0.25) is 47.3 Å². The van der Waals surface area contributed by atoms with E-state index in [1.54, 1.807) is 26.1 Å². The number of amides is 8. The van der Waals surface area contributed by atoms with Gasteiger partial charge in [0.1, 0.15) is 30.2 Å². The summed E-state index contributed by atoms with van der Waals surface area (Å²) in [5.74, 6) is -5.50. The topological polar surface area (TPSA) is 355 Å². The van der Waals surface area contributed by atoms with Crippen molar-refractivity contribution < 1.29 is 38.4 Å². The van der Waals surface area contributed by atoms with E-state index in [0.717, 1.165) is 17.3 Å². The Hall–Kier alpha value is -6.04. The Morgan fingerprint density at radius 1 is 0.742 bits per heavy atom. The highest BCUT2D eigenvalue weighted by Gasteiger charge is 2.32. The molecule has 0 aliphatic heterocycles. The molecule has 8 amide bonds. The minimum Gasteiger partial charge on any atom is -0.370 e. The van der Waals surface area contributed by atoms with Crippen molar-refractivity contribution in [1.29, 1.82) is 0 Å². The lowest BCUT2D eigenvalue weighted by molar-refractivity contribution is -0.135. The van der Waals surface area contributed by atoms with Gasteiger partial charge in [-0.2, -0.15) is 12.6 Å². The number of nitrogens with one attached hydrogen (secondary N) is 10. The third-order valence-electron chi connectivity index (χ3n) is 10.5. The first-order chi connectivity index (χ1) is 31.3. The van der Waals surface area contributed by atoms with Gasteiger partial charge >= 0.3 is 0 Å². The van der Waals surface area contributed by atoms with E-state index < -0.39 is 103 Å². The predicted molar refractivity (Wildman–Crippen MR) is 251 cm³/mol. The molecule has 0 radical (unpaired) electrons. The average Bonchev–Trinajstić information content (AvgIpc) is 3.94. The van der Waals surface area contributed by atoms with Crippen LogP contribution in [0, 0.1) is 11.8 Å². The number of hydrogen-bond donors (Lipinski definition) is 14. The molecule has 0 bridgehead atoms. The van der Waals surface area contributed by atoms with Crippen LogP contribution in [0.15, 0.2) is 43.0 Å². The molecule has 0 saturated heterocycles. The molecule has 0 spiro atoms. The summed E-state index contributed by atoms with van der Waals surface area (Å²) in [4.78, 5) is 115. The van der Waals surface area contributed by atoms with E-state index in [0.29, 0.717) is 36.5 Å². The van der Waals surface area contributed by atoms with Crippen LogP contribution in [0.3, 0.4) is 0 Å². The Labute approximate surface area is 389 Å². The van der Waals surface area contributed by atoms with Gasteiger partial charge in [-0.25, -0.2) is 4.98 Å². The fourth-order valence-electron chi connectivity index (χ4n) is 7.04. The quantitative estimate of drug-likeness (QED) is 0.0321. The summed E-state index contributed by atoms with van der Waals surface area (Å²) in [6, 6.07) is 0.751. The molecule has 0 aliphatic rings. The van der Waals surface area contributed by atoms with Gasteiger partial charge in [0.05, 0.1) is 25.8 Å². The number of imidazole rings is 1. The molecular weight excluding hydrogens is 873 g/mol. The van der Waals surface area contributed by atoms with Crippen LogP contribution in [0.4, 0.5) is 0 Å². The molecule has 0 saturated carbocycles. The van der Waals surface area contributed by atoms with Crippen LogP contribution in [-0.2, 0) is 51.2 Å². The second kappa shape index (κ2) is 27.4. The van der Waals surface area contributed by atoms with Gasteiger partial charge < -0.3 is 69.7 Å². The summed E-state index contributed by atoms with van der Waals surface area (Å²) >= 11 is 4.30. The second-order valence-corrected chi connectivity index (χ2v) is 17.3. The first-order valence-electron chi connectivity index (χ1n) is 22.0. The maximum atomic E-state index is 13.9. The van der Waals surface area contributed by atoms with Crippen LogP contribution in [0.25, 0.3) is 10.9 Å². The maximum Gasteiger partial charge on any atom is 0.243 e. The second-order valence-electron chi connectivity index (χ2n) is 16.9. The maximum absolute atomic E-state index is 13.9. The molecule has 23 heteroatoms. The first kappa shape index (κ1) is 54.3. The number of carbonyl (C=O) groups is 8. The lowest BCUT2D eigenvalue weighted by atomic mass is 10.0. The van der Waals surface area contributed by atoms with E-state index >= 15 is 0 Å². The molecule has 66 heavy (non-hydrogen) atoms. The lowest BCUT2D eigenvalue weighted by Crippen LogP contribution is -2.59. The van der Waals surface area contributed by atoms with Crippen LogP contribution in [0.5, 0.6) is 0 Å². The summed E-state index contributed by atoms with van der Waals surface area (Å²) in [5, 5.41) is 22.6. The Kier molecular flexibility index (Phi) is 22.6. The van der Waals surface area contributed by atoms with Gasteiger partial charge in [0, 0.05) is 67.0 Å². The predicted octanol–water partition coefficient (Wildman–Crippen LogP) is -2.51. The van der Waals surface area contributed by atoms with Gasteiger partial charge in [-0.1, -0.05) is 45.9 Å². The number of rotatable bonds is 29. The number of nitrogens with zero attached hydrogens (tertiary/aromatic N) is 1. The van der Waals surface area contributed by atoms with Crippen molar-refractivity contribution in [3.05, 3.63) is 54.2 Å². The van der Waals surface area contributed by atoms with Gasteiger partial charge in [-0.05, 0) is 49.0 Å². The minimum absolute atomic E-state index is 0.0160. The zero-order chi connectivity index (χ0) is 48.9. The van der Waals surface area contributed by atoms with Crippen LogP contribution in [-0.4, -0.2) is 136 Å². The van der Waals surface area contributed by atoms with Crippen molar-refractivity contribution in [3.63, 3.8) is 0 Å².